The highest BCUT2D eigenvalue weighted by molar-refractivity contribution is 7.85. The molecule has 1 amide bonds. The molecule has 1 aliphatic carbocycles. The number of hydrogen-bond donors (Lipinski definition) is 4. The molecular formula is C30H38F3N7O4S2. The van der Waals surface area contributed by atoms with Crippen molar-refractivity contribution in [1.82, 2.24) is 20.0 Å². The lowest BCUT2D eigenvalue weighted by molar-refractivity contribution is -0.137. The molecule has 2 unspecified atom stereocenters. The highest BCUT2D eigenvalue weighted by Crippen LogP contribution is 2.36. The van der Waals surface area contributed by atoms with Crippen LogP contribution in [0.5, 0.6) is 5.75 Å². The first-order valence-corrected chi connectivity index (χ1v) is 17.5. The lowest BCUT2D eigenvalue weighted by atomic mass is 9.91. The Morgan fingerprint density at radius 2 is 1.76 bits per heavy atom. The van der Waals surface area contributed by atoms with Gasteiger partial charge in [-0.05, 0) is 68.0 Å². The molecule has 4 rings (SSSR count). The van der Waals surface area contributed by atoms with E-state index in [1.54, 1.807) is 31.5 Å². The van der Waals surface area contributed by atoms with Crippen molar-refractivity contribution in [3.63, 3.8) is 0 Å². The summed E-state index contributed by atoms with van der Waals surface area (Å²) in [5.74, 6) is -0.586. The quantitative estimate of drug-likeness (QED) is 0.214. The van der Waals surface area contributed by atoms with Gasteiger partial charge in [-0.3, -0.25) is 9.10 Å². The Labute approximate surface area is 271 Å². The average molecular weight is 682 g/mol. The van der Waals surface area contributed by atoms with Crippen molar-refractivity contribution in [3.8, 4) is 5.75 Å². The number of aryl methyl sites for hydroxylation is 1. The van der Waals surface area contributed by atoms with Gasteiger partial charge >= 0.3 is 6.18 Å². The Kier molecular flexibility index (Phi) is 11.6. The van der Waals surface area contributed by atoms with Gasteiger partial charge in [-0.2, -0.15) is 18.2 Å². The molecule has 1 aliphatic rings. The van der Waals surface area contributed by atoms with Crippen LogP contribution in [0.25, 0.3) is 0 Å². The zero-order valence-corrected chi connectivity index (χ0v) is 27.8. The van der Waals surface area contributed by atoms with Crippen LogP contribution in [0, 0.1) is 6.92 Å². The molecule has 0 radical (unpaired) electrons. The van der Waals surface area contributed by atoms with E-state index in [0.717, 1.165) is 31.2 Å². The molecule has 0 bridgehead atoms. The van der Waals surface area contributed by atoms with Crippen molar-refractivity contribution in [2.24, 2.45) is 0 Å². The Hall–Kier alpha value is -3.76. The number of rotatable bonds is 12. The third-order valence-corrected chi connectivity index (χ3v) is 9.24. The Balaban J connectivity index is 1.50. The molecule has 2 atom stereocenters. The van der Waals surface area contributed by atoms with Gasteiger partial charge in [0.05, 0.1) is 29.5 Å². The van der Waals surface area contributed by atoms with Gasteiger partial charge in [-0.25, -0.2) is 18.1 Å². The molecule has 11 nitrogen and oxygen atoms in total. The van der Waals surface area contributed by atoms with Gasteiger partial charge < -0.3 is 20.7 Å². The molecule has 2 aromatic carbocycles. The topological polar surface area (TPSA) is 138 Å². The summed E-state index contributed by atoms with van der Waals surface area (Å²) in [6, 6.07) is 10.2. The maximum Gasteiger partial charge on any atom is 0.421 e. The second kappa shape index (κ2) is 15.2. The van der Waals surface area contributed by atoms with Crippen LogP contribution in [0.4, 0.5) is 36.3 Å². The van der Waals surface area contributed by atoms with Crippen molar-refractivity contribution in [3.05, 3.63) is 64.8 Å². The summed E-state index contributed by atoms with van der Waals surface area (Å²) in [7, 11) is 0.624. The van der Waals surface area contributed by atoms with Crippen LogP contribution in [-0.2, 0) is 34.7 Å². The highest BCUT2D eigenvalue weighted by atomic mass is 32.2. The second-order valence-electron chi connectivity index (χ2n) is 11.0. The maximum absolute atomic E-state index is 13.9. The first-order chi connectivity index (χ1) is 21.7. The summed E-state index contributed by atoms with van der Waals surface area (Å²) in [6.45, 7) is 1.84. The van der Waals surface area contributed by atoms with Crippen LogP contribution in [0.3, 0.4) is 0 Å². The van der Waals surface area contributed by atoms with Gasteiger partial charge in [0.2, 0.25) is 5.95 Å². The SMILES string of the molecule is COc1cc(C(=O)NC2CCC(NS(C)=O)CC2)ccc1Nc1ncc(C(F)(F)F)c(NCc2ccc(C)cc2N(C)S(C)=O)n1. The predicted molar refractivity (Wildman–Crippen MR) is 175 cm³/mol. The number of hydrogen-bond acceptors (Lipinski definition) is 8. The lowest BCUT2D eigenvalue weighted by Crippen LogP contribution is -2.42. The first-order valence-electron chi connectivity index (χ1n) is 14.5. The van der Waals surface area contributed by atoms with E-state index in [4.69, 9.17) is 4.74 Å². The fourth-order valence-corrected chi connectivity index (χ4v) is 6.29. The third kappa shape index (κ3) is 9.16. The van der Waals surface area contributed by atoms with Crippen molar-refractivity contribution >= 4 is 51.0 Å². The van der Waals surface area contributed by atoms with E-state index in [-0.39, 0.29) is 36.2 Å². The maximum atomic E-state index is 13.9. The summed E-state index contributed by atoms with van der Waals surface area (Å²) in [6.07, 6.45) is 2.16. The lowest BCUT2D eigenvalue weighted by Gasteiger charge is -2.29. The smallest absolute Gasteiger partial charge is 0.421 e. The normalized spacial score (nSPS) is 17.9. The number of anilines is 4. The van der Waals surface area contributed by atoms with Gasteiger partial charge in [-0.15, -0.1) is 0 Å². The molecule has 1 heterocycles. The zero-order chi connectivity index (χ0) is 33.6. The third-order valence-electron chi connectivity index (χ3n) is 7.61. The number of carbonyl (C=O) groups excluding carboxylic acids is 1. The summed E-state index contributed by atoms with van der Waals surface area (Å²) >= 11 is 0. The minimum atomic E-state index is -4.73. The Bertz CT molecular complexity index is 1600. The van der Waals surface area contributed by atoms with Crippen LogP contribution in [0.1, 0.15) is 52.7 Å². The number of aromatic nitrogens is 2. The summed E-state index contributed by atoms with van der Waals surface area (Å²) in [5.41, 5.74) is 1.79. The summed E-state index contributed by atoms with van der Waals surface area (Å²) < 4.78 is 75.3. The number of amides is 1. The van der Waals surface area contributed by atoms with Crippen molar-refractivity contribution < 1.29 is 31.1 Å². The van der Waals surface area contributed by atoms with Gasteiger partial charge in [0.25, 0.3) is 5.91 Å². The van der Waals surface area contributed by atoms with Crippen LogP contribution in [0.2, 0.25) is 0 Å². The number of ether oxygens (including phenoxy) is 1. The van der Waals surface area contributed by atoms with E-state index in [1.807, 2.05) is 19.1 Å². The monoisotopic (exact) mass is 681 g/mol. The van der Waals surface area contributed by atoms with E-state index < -0.39 is 39.5 Å². The molecule has 1 fully saturated rings. The average Bonchev–Trinajstić information content (AvgIpc) is 3.00. The van der Waals surface area contributed by atoms with Gasteiger partial charge in [-0.1, -0.05) is 12.1 Å². The van der Waals surface area contributed by atoms with E-state index in [9.17, 15) is 26.4 Å². The summed E-state index contributed by atoms with van der Waals surface area (Å²) in [4.78, 5) is 21.0. The van der Waals surface area contributed by atoms with Gasteiger partial charge in [0.1, 0.15) is 28.1 Å². The number of nitrogens with one attached hydrogen (secondary N) is 4. The number of halogens is 3. The van der Waals surface area contributed by atoms with Crippen LogP contribution in [0.15, 0.2) is 42.6 Å². The predicted octanol–water partition coefficient (Wildman–Crippen LogP) is 4.82. The van der Waals surface area contributed by atoms with Crippen LogP contribution < -0.4 is 29.7 Å². The molecule has 0 saturated heterocycles. The van der Waals surface area contributed by atoms with E-state index in [1.165, 1.54) is 23.7 Å². The largest absolute Gasteiger partial charge is 0.495 e. The van der Waals surface area contributed by atoms with E-state index >= 15 is 0 Å². The van der Waals surface area contributed by atoms with Crippen molar-refractivity contribution in [1.29, 1.82) is 0 Å². The molecule has 1 aromatic heterocycles. The molecule has 3 aromatic rings. The van der Waals surface area contributed by atoms with E-state index in [0.29, 0.717) is 28.7 Å². The number of methoxy groups -OCH3 is 1. The van der Waals surface area contributed by atoms with E-state index in [2.05, 4.69) is 30.6 Å². The fraction of sp³-hybridized carbons (Fsp3) is 0.433. The molecule has 16 heteroatoms. The Morgan fingerprint density at radius 1 is 1.07 bits per heavy atom. The molecule has 0 aliphatic heterocycles. The molecule has 250 valence electrons. The summed E-state index contributed by atoms with van der Waals surface area (Å²) in [5, 5.41) is 8.70. The van der Waals surface area contributed by atoms with Crippen LogP contribution in [-0.4, -0.2) is 63.0 Å². The molecule has 1 saturated carbocycles. The number of benzene rings is 2. The molecule has 4 N–H and O–H groups in total. The second-order valence-corrected chi connectivity index (χ2v) is 13.5. The first kappa shape index (κ1) is 35.1. The van der Waals surface area contributed by atoms with Crippen LogP contribution >= 0.6 is 0 Å². The minimum Gasteiger partial charge on any atom is -0.495 e. The molecule has 46 heavy (non-hydrogen) atoms. The fourth-order valence-electron chi connectivity index (χ4n) is 5.13. The van der Waals surface area contributed by atoms with Crippen molar-refractivity contribution in [2.75, 3.05) is 41.6 Å². The van der Waals surface area contributed by atoms with Crippen molar-refractivity contribution in [2.45, 2.75) is 57.4 Å². The number of nitrogens with zero attached hydrogens (tertiary/aromatic N) is 3. The zero-order valence-electron chi connectivity index (χ0n) is 26.2. The number of alkyl halides is 3. The van der Waals surface area contributed by atoms with Gasteiger partial charge in [0, 0.05) is 49.9 Å². The highest BCUT2D eigenvalue weighted by Gasteiger charge is 2.35. The Morgan fingerprint density at radius 3 is 2.39 bits per heavy atom. The molecule has 0 spiro atoms. The van der Waals surface area contributed by atoms with Gasteiger partial charge in [0.15, 0.2) is 0 Å². The molecular weight excluding hydrogens is 644 g/mol. The minimum absolute atomic E-state index is 0.0217. The number of carbonyl (C=O) groups is 1. The standard InChI is InChI=1S/C30H38F3N7O4S2/c1-18-6-7-20(25(14-18)40(2)46(5)43)16-34-27-23(30(31,32)33)17-35-29(38-27)37-24-13-8-19(15-26(24)44-3)28(41)36-21-9-11-22(12-10-21)39-45(4)42/h6-8,13-15,17,21-22,39H,9-12,16H2,1-5H3,(H,36,41)(H2,34,35,37,38).